The van der Waals surface area contributed by atoms with E-state index < -0.39 is 0 Å². The molecule has 0 saturated heterocycles. The predicted octanol–water partition coefficient (Wildman–Crippen LogP) is 2.48. The highest BCUT2D eigenvalue weighted by atomic mass is 16.2. The summed E-state index contributed by atoms with van der Waals surface area (Å²) in [5, 5.41) is 8.72. The molecule has 1 rings (SSSR count). The summed E-state index contributed by atoms with van der Waals surface area (Å²) in [6.07, 6.45) is 0.968. The van der Waals surface area contributed by atoms with E-state index in [0.717, 1.165) is 6.42 Å². The minimum Gasteiger partial charge on any atom is -0.340 e. The number of aryl methyl sites for hydroxylation is 1. The maximum absolute atomic E-state index is 12.0. The standard InChI is InChI=1S/C14H18N2O/c1-4-12-5-7-13(8-6-12)14(17)16(3)10-11(2)9-15/h5-8,11H,4,10H2,1-3H3. The second-order valence-electron chi connectivity index (χ2n) is 4.27. The van der Waals surface area contributed by atoms with E-state index in [2.05, 4.69) is 13.0 Å². The van der Waals surface area contributed by atoms with Gasteiger partial charge in [0.1, 0.15) is 0 Å². The molecule has 0 bridgehead atoms. The van der Waals surface area contributed by atoms with Crippen LogP contribution in [-0.2, 0) is 6.42 Å². The van der Waals surface area contributed by atoms with Crippen molar-refractivity contribution in [1.82, 2.24) is 4.90 Å². The highest BCUT2D eigenvalue weighted by Crippen LogP contribution is 2.08. The second kappa shape index (κ2) is 6.05. The van der Waals surface area contributed by atoms with E-state index >= 15 is 0 Å². The lowest BCUT2D eigenvalue weighted by Crippen LogP contribution is -2.30. The van der Waals surface area contributed by atoms with Gasteiger partial charge in [-0.1, -0.05) is 19.1 Å². The van der Waals surface area contributed by atoms with Crippen molar-refractivity contribution in [3.05, 3.63) is 35.4 Å². The maximum atomic E-state index is 12.0. The lowest BCUT2D eigenvalue weighted by molar-refractivity contribution is 0.0785. The Bertz CT molecular complexity index is 417. The summed E-state index contributed by atoms with van der Waals surface area (Å²) in [5.41, 5.74) is 1.89. The summed E-state index contributed by atoms with van der Waals surface area (Å²) >= 11 is 0. The Morgan fingerprint density at radius 3 is 2.47 bits per heavy atom. The fraction of sp³-hybridized carbons (Fsp3) is 0.429. The number of hydrogen-bond acceptors (Lipinski definition) is 2. The van der Waals surface area contributed by atoms with Gasteiger partial charge in [-0.2, -0.15) is 5.26 Å². The molecule has 0 aliphatic heterocycles. The highest BCUT2D eigenvalue weighted by molar-refractivity contribution is 5.94. The van der Waals surface area contributed by atoms with Gasteiger partial charge in [0.25, 0.3) is 5.91 Å². The molecule has 1 unspecified atom stereocenters. The Hall–Kier alpha value is -1.82. The number of amides is 1. The van der Waals surface area contributed by atoms with Gasteiger partial charge in [-0.15, -0.1) is 0 Å². The zero-order valence-corrected chi connectivity index (χ0v) is 10.6. The van der Waals surface area contributed by atoms with Crippen molar-refractivity contribution >= 4 is 5.91 Å². The Balaban J connectivity index is 2.72. The van der Waals surface area contributed by atoms with Crippen LogP contribution in [0.25, 0.3) is 0 Å². The quantitative estimate of drug-likeness (QED) is 0.797. The molecule has 0 radical (unpaired) electrons. The van der Waals surface area contributed by atoms with Crippen molar-refractivity contribution < 1.29 is 4.79 Å². The Kier molecular flexibility index (Phi) is 4.71. The van der Waals surface area contributed by atoms with Crippen molar-refractivity contribution in [2.75, 3.05) is 13.6 Å². The molecule has 1 atom stereocenters. The lowest BCUT2D eigenvalue weighted by atomic mass is 10.1. The monoisotopic (exact) mass is 230 g/mol. The van der Waals surface area contributed by atoms with E-state index in [4.69, 9.17) is 5.26 Å². The molecule has 1 aromatic carbocycles. The summed E-state index contributed by atoms with van der Waals surface area (Å²) in [4.78, 5) is 13.6. The number of carbonyl (C=O) groups is 1. The van der Waals surface area contributed by atoms with Gasteiger partial charge in [0, 0.05) is 19.2 Å². The summed E-state index contributed by atoms with van der Waals surface area (Å²) in [6.45, 7) is 4.35. The number of nitriles is 1. The van der Waals surface area contributed by atoms with Crippen LogP contribution in [0.4, 0.5) is 0 Å². The summed E-state index contributed by atoms with van der Waals surface area (Å²) in [5.74, 6) is -0.173. The number of benzene rings is 1. The van der Waals surface area contributed by atoms with Gasteiger partial charge < -0.3 is 4.90 Å². The van der Waals surface area contributed by atoms with Crippen LogP contribution >= 0.6 is 0 Å². The minimum absolute atomic E-state index is 0.0326. The van der Waals surface area contributed by atoms with Gasteiger partial charge in [0.15, 0.2) is 0 Å². The third-order valence-electron chi connectivity index (χ3n) is 2.72. The van der Waals surface area contributed by atoms with Crippen LogP contribution in [0.5, 0.6) is 0 Å². The Morgan fingerprint density at radius 1 is 1.41 bits per heavy atom. The predicted molar refractivity (Wildman–Crippen MR) is 67.6 cm³/mol. The lowest BCUT2D eigenvalue weighted by Gasteiger charge is -2.18. The molecule has 3 heteroatoms. The zero-order valence-electron chi connectivity index (χ0n) is 10.6. The Labute approximate surface area is 103 Å². The fourth-order valence-corrected chi connectivity index (χ4v) is 1.64. The van der Waals surface area contributed by atoms with E-state index in [1.54, 1.807) is 11.9 Å². The fourth-order valence-electron chi connectivity index (χ4n) is 1.64. The molecule has 0 N–H and O–H groups in total. The van der Waals surface area contributed by atoms with Crippen molar-refractivity contribution in [3.63, 3.8) is 0 Å². The number of nitrogens with zero attached hydrogens (tertiary/aromatic N) is 2. The van der Waals surface area contributed by atoms with Crippen LogP contribution in [0.1, 0.15) is 29.8 Å². The molecule has 0 spiro atoms. The first-order valence-corrected chi connectivity index (χ1v) is 5.82. The molecule has 0 aliphatic rings. The van der Waals surface area contributed by atoms with Gasteiger partial charge in [0.05, 0.1) is 12.0 Å². The maximum Gasteiger partial charge on any atom is 0.253 e. The normalized spacial score (nSPS) is 11.6. The molecule has 0 heterocycles. The van der Waals surface area contributed by atoms with E-state index in [1.807, 2.05) is 31.2 Å². The molecular formula is C14H18N2O. The molecule has 1 aromatic rings. The van der Waals surface area contributed by atoms with Crippen LogP contribution in [0.2, 0.25) is 0 Å². The average Bonchev–Trinajstić information content (AvgIpc) is 2.37. The molecule has 0 aliphatic carbocycles. The van der Waals surface area contributed by atoms with Crippen LogP contribution in [0.3, 0.4) is 0 Å². The zero-order chi connectivity index (χ0) is 12.8. The smallest absolute Gasteiger partial charge is 0.253 e. The van der Waals surface area contributed by atoms with Gasteiger partial charge >= 0.3 is 0 Å². The molecular weight excluding hydrogens is 212 g/mol. The first-order chi connectivity index (χ1) is 8.08. The number of hydrogen-bond donors (Lipinski definition) is 0. The van der Waals surface area contributed by atoms with Crippen LogP contribution in [-0.4, -0.2) is 24.4 Å². The average molecular weight is 230 g/mol. The van der Waals surface area contributed by atoms with Crippen molar-refractivity contribution in [3.8, 4) is 6.07 Å². The summed E-state index contributed by atoms with van der Waals surface area (Å²) in [7, 11) is 1.73. The highest BCUT2D eigenvalue weighted by Gasteiger charge is 2.13. The molecule has 17 heavy (non-hydrogen) atoms. The molecule has 0 fully saturated rings. The van der Waals surface area contributed by atoms with Crippen LogP contribution < -0.4 is 0 Å². The van der Waals surface area contributed by atoms with Gasteiger partial charge in [-0.3, -0.25) is 4.79 Å². The minimum atomic E-state index is -0.140. The first kappa shape index (κ1) is 13.2. The van der Waals surface area contributed by atoms with Crippen molar-refractivity contribution in [1.29, 1.82) is 5.26 Å². The Morgan fingerprint density at radius 2 is 2.00 bits per heavy atom. The van der Waals surface area contributed by atoms with E-state index in [0.29, 0.717) is 12.1 Å². The molecule has 1 amide bonds. The van der Waals surface area contributed by atoms with Crippen LogP contribution in [0, 0.1) is 17.2 Å². The third-order valence-corrected chi connectivity index (χ3v) is 2.72. The number of rotatable bonds is 4. The van der Waals surface area contributed by atoms with E-state index in [9.17, 15) is 4.79 Å². The SMILES string of the molecule is CCc1ccc(C(=O)N(C)CC(C)C#N)cc1. The van der Waals surface area contributed by atoms with Gasteiger partial charge in [0.2, 0.25) is 0 Å². The largest absolute Gasteiger partial charge is 0.340 e. The number of carbonyl (C=O) groups excluding carboxylic acids is 1. The van der Waals surface area contributed by atoms with Gasteiger partial charge in [-0.25, -0.2) is 0 Å². The van der Waals surface area contributed by atoms with E-state index in [-0.39, 0.29) is 11.8 Å². The van der Waals surface area contributed by atoms with Crippen LogP contribution in [0.15, 0.2) is 24.3 Å². The topological polar surface area (TPSA) is 44.1 Å². The van der Waals surface area contributed by atoms with Gasteiger partial charge in [-0.05, 0) is 31.0 Å². The van der Waals surface area contributed by atoms with E-state index in [1.165, 1.54) is 5.56 Å². The first-order valence-electron chi connectivity index (χ1n) is 5.82. The van der Waals surface area contributed by atoms with Crippen molar-refractivity contribution in [2.24, 2.45) is 5.92 Å². The molecule has 0 aromatic heterocycles. The third kappa shape index (κ3) is 3.60. The van der Waals surface area contributed by atoms with Crippen molar-refractivity contribution in [2.45, 2.75) is 20.3 Å². The summed E-state index contributed by atoms with van der Waals surface area (Å²) < 4.78 is 0. The molecule has 0 saturated carbocycles. The second-order valence-corrected chi connectivity index (χ2v) is 4.27. The molecule has 3 nitrogen and oxygen atoms in total. The summed E-state index contributed by atoms with van der Waals surface area (Å²) in [6, 6.07) is 9.74. The molecule has 90 valence electrons.